The molecular formula is C8H13NO. The predicted octanol–water partition coefficient (Wildman–Crippen LogP) is 1.21. The topological polar surface area (TPSA) is 20.3 Å². The number of carbonyl (C=O) groups excluding carboxylic acids is 1. The van der Waals surface area contributed by atoms with E-state index < -0.39 is 0 Å². The molecule has 0 aliphatic carbocycles. The van der Waals surface area contributed by atoms with Crippen LogP contribution in [0.25, 0.3) is 0 Å². The van der Waals surface area contributed by atoms with Crippen LogP contribution in [0.1, 0.15) is 6.92 Å². The minimum Gasteiger partial charge on any atom is -0.378 e. The zero-order valence-electron chi connectivity index (χ0n) is 6.72. The van der Waals surface area contributed by atoms with E-state index in [1.165, 1.54) is 6.92 Å². The van der Waals surface area contributed by atoms with Gasteiger partial charge in [0.15, 0.2) is 5.78 Å². The number of nitrogens with zero attached hydrogens (tertiary/aromatic N) is 1. The molecule has 0 aliphatic heterocycles. The van der Waals surface area contributed by atoms with Gasteiger partial charge in [0.25, 0.3) is 0 Å². The first kappa shape index (κ1) is 8.95. The molecule has 2 heteroatoms. The molecule has 0 unspecified atom stereocenters. The van der Waals surface area contributed by atoms with Gasteiger partial charge in [-0.3, -0.25) is 4.79 Å². The summed E-state index contributed by atoms with van der Waals surface area (Å²) < 4.78 is 0. The zero-order valence-corrected chi connectivity index (χ0v) is 6.72. The molecule has 2 nitrogen and oxygen atoms in total. The number of carbonyl (C=O) groups is 1. The Morgan fingerprint density at radius 3 is 2.10 bits per heavy atom. The Morgan fingerprint density at radius 1 is 1.50 bits per heavy atom. The predicted molar refractivity (Wildman–Crippen MR) is 42.6 cm³/mol. The first-order valence-corrected chi connectivity index (χ1v) is 3.10. The van der Waals surface area contributed by atoms with Gasteiger partial charge in [0, 0.05) is 25.9 Å². The maximum atomic E-state index is 10.6. The normalized spacial score (nSPS) is 10.9. The van der Waals surface area contributed by atoms with Crippen LogP contribution < -0.4 is 0 Å². The molecule has 0 amide bonds. The van der Waals surface area contributed by atoms with E-state index >= 15 is 0 Å². The van der Waals surface area contributed by atoms with Gasteiger partial charge in [0.05, 0.1) is 0 Å². The van der Waals surface area contributed by atoms with Crippen molar-refractivity contribution in [1.29, 1.82) is 0 Å². The van der Waals surface area contributed by atoms with Crippen molar-refractivity contribution in [1.82, 2.24) is 4.90 Å². The number of hydrogen-bond donors (Lipinski definition) is 0. The summed E-state index contributed by atoms with van der Waals surface area (Å²) in [6.45, 7) is 5.09. The Kier molecular flexibility index (Phi) is 3.47. The zero-order chi connectivity index (χ0) is 8.15. The molecule has 0 aromatic rings. The van der Waals surface area contributed by atoms with Gasteiger partial charge in [-0.2, -0.15) is 0 Å². The molecule has 56 valence electrons. The molecular weight excluding hydrogens is 126 g/mol. The van der Waals surface area contributed by atoms with Crippen molar-refractivity contribution in [2.75, 3.05) is 14.1 Å². The van der Waals surface area contributed by atoms with Crippen LogP contribution in [-0.4, -0.2) is 24.8 Å². The Labute approximate surface area is 61.8 Å². The van der Waals surface area contributed by atoms with E-state index in [0.717, 1.165) is 5.70 Å². The molecule has 0 aromatic carbocycles. The minimum atomic E-state index is 0.0450. The Morgan fingerprint density at radius 2 is 2.00 bits per heavy atom. The highest BCUT2D eigenvalue weighted by Crippen LogP contribution is 1.98. The van der Waals surface area contributed by atoms with Gasteiger partial charge < -0.3 is 4.90 Å². The third kappa shape index (κ3) is 3.07. The lowest BCUT2D eigenvalue weighted by Crippen LogP contribution is -2.09. The Bertz CT molecular complexity index is 168. The van der Waals surface area contributed by atoms with Crippen LogP contribution in [0.15, 0.2) is 24.4 Å². The van der Waals surface area contributed by atoms with Crippen LogP contribution in [-0.2, 0) is 4.79 Å². The highest BCUT2D eigenvalue weighted by molar-refractivity contribution is 5.88. The fourth-order valence-corrected chi connectivity index (χ4v) is 0.579. The standard InChI is InChI=1S/C8H13NO/c1-5-8(9(3)4)6-7(2)10/h5-6H,1H2,2-4H3. The van der Waals surface area contributed by atoms with Crippen molar-refractivity contribution in [3.05, 3.63) is 24.4 Å². The van der Waals surface area contributed by atoms with Crippen molar-refractivity contribution in [2.24, 2.45) is 0 Å². The summed E-state index contributed by atoms with van der Waals surface area (Å²) in [4.78, 5) is 12.4. The van der Waals surface area contributed by atoms with Crippen molar-refractivity contribution >= 4 is 5.78 Å². The van der Waals surface area contributed by atoms with Crippen LogP contribution in [0, 0.1) is 0 Å². The molecule has 0 atom stereocenters. The largest absolute Gasteiger partial charge is 0.378 e. The Hall–Kier alpha value is -1.05. The van der Waals surface area contributed by atoms with Gasteiger partial charge in [-0.25, -0.2) is 0 Å². The van der Waals surface area contributed by atoms with Crippen LogP contribution in [0.3, 0.4) is 0 Å². The van der Waals surface area contributed by atoms with Crippen molar-refractivity contribution in [3.63, 3.8) is 0 Å². The second-order valence-electron chi connectivity index (χ2n) is 2.28. The maximum Gasteiger partial charge on any atom is 0.154 e. The summed E-state index contributed by atoms with van der Waals surface area (Å²) >= 11 is 0. The van der Waals surface area contributed by atoms with E-state index in [-0.39, 0.29) is 5.78 Å². The van der Waals surface area contributed by atoms with Crippen molar-refractivity contribution in [3.8, 4) is 0 Å². The summed E-state index contributed by atoms with van der Waals surface area (Å²) in [7, 11) is 3.74. The molecule has 0 aliphatic rings. The molecule has 10 heavy (non-hydrogen) atoms. The van der Waals surface area contributed by atoms with Crippen LogP contribution in [0.4, 0.5) is 0 Å². The third-order valence-corrected chi connectivity index (χ3v) is 1.08. The third-order valence-electron chi connectivity index (χ3n) is 1.08. The molecule has 0 fully saturated rings. The summed E-state index contributed by atoms with van der Waals surface area (Å²) in [6, 6.07) is 0. The van der Waals surface area contributed by atoms with E-state index in [0.29, 0.717) is 0 Å². The van der Waals surface area contributed by atoms with Gasteiger partial charge in [-0.1, -0.05) is 6.58 Å². The maximum absolute atomic E-state index is 10.6. The number of ketones is 1. The fraction of sp³-hybridized carbons (Fsp3) is 0.375. The molecule has 0 spiro atoms. The minimum absolute atomic E-state index is 0.0450. The van der Waals surface area contributed by atoms with E-state index in [1.807, 2.05) is 19.0 Å². The number of hydrogen-bond acceptors (Lipinski definition) is 2. The SMILES string of the molecule is C=CC(=CC(C)=O)N(C)C. The molecule has 0 N–H and O–H groups in total. The van der Waals surface area contributed by atoms with Crippen molar-refractivity contribution < 1.29 is 4.79 Å². The van der Waals surface area contributed by atoms with Gasteiger partial charge >= 0.3 is 0 Å². The van der Waals surface area contributed by atoms with Crippen LogP contribution in [0.5, 0.6) is 0 Å². The molecule has 0 bridgehead atoms. The van der Waals surface area contributed by atoms with Gasteiger partial charge in [0.2, 0.25) is 0 Å². The smallest absolute Gasteiger partial charge is 0.154 e. The highest BCUT2D eigenvalue weighted by Gasteiger charge is 1.93. The second-order valence-corrected chi connectivity index (χ2v) is 2.28. The molecule has 0 aromatic heterocycles. The van der Waals surface area contributed by atoms with Crippen LogP contribution >= 0.6 is 0 Å². The lowest BCUT2D eigenvalue weighted by Gasteiger charge is -2.11. The average molecular weight is 139 g/mol. The second kappa shape index (κ2) is 3.88. The summed E-state index contributed by atoms with van der Waals surface area (Å²) in [5.41, 5.74) is 0.840. The molecule has 0 heterocycles. The highest BCUT2D eigenvalue weighted by atomic mass is 16.1. The van der Waals surface area contributed by atoms with E-state index in [4.69, 9.17) is 0 Å². The quantitative estimate of drug-likeness (QED) is 0.432. The first-order valence-electron chi connectivity index (χ1n) is 3.10. The molecule has 0 rings (SSSR count). The van der Waals surface area contributed by atoms with E-state index in [2.05, 4.69) is 6.58 Å². The van der Waals surface area contributed by atoms with E-state index in [9.17, 15) is 4.79 Å². The number of allylic oxidation sites excluding steroid dienone is 2. The summed E-state index contributed by atoms with van der Waals surface area (Å²) in [6.07, 6.45) is 3.20. The monoisotopic (exact) mass is 139 g/mol. The van der Waals surface area contributed by atoms with Crippen molar-refractivity contribution in [2.45, 2.75) is 6.92 Å². The van der Waals surface area contributed by atoms with Gasteiger partial charge in [0.1, 0.15) is 0 Å². The lowest BCUT2D eigenvalue weighted by atomic mass is 10.3. The summed E-state index contributed by atoms with van der Waals surface area (Å²) in [5.74, 6) is 0.0450. The lowest BCUT2D eigenvalue weighted by molar-refractivity contribution is -0.112. The Balaban J connectivity index is 4.33. The summed E-state index contributed by atoms with van der Waals surface area (Å²) in [5, 5.41) is 0. The number of likely N-dealkylation sites (N-methyl/N-ethyl adjacent to an activating group) is 1. The first-order chi connectivity index (χ1) is 4.57. The average Bonchev–Trinajstić information content (AvgIpc) is 1.81. The number of rotatable bonds is 3. The van der Waals surface area contributed by atoms with Crippen LogP contribution in [0.2, 0.25) is 0 Å². The molecule has 0 saturated carbocycles. The fourth-order valence-electron chi connectivity index (χ4n) is 0.579. The van der Waals surface area contributed by atoms with E-state index in [1.54, 1.807) is 12.2 Å². The molecule has 0 saturated heterocycles. The van der Waals surface area contributed by atoms with Gasteiger partial charge in [-0.15, -0.1) is 0 Å². The van der Waals surface area contributed by atoms with Gasteiger partial charge in [-0.05, 0) is 13.0 Å². The molecule has 0 radical (unpaired) electrons.